The summed E-state index contributed by atoms with van der Waals surface area (Å²) in [6, 6.07) is 5.57. The van der Waals surface area contributed by atoms with Gasteiger partial charge in [0.05, 0.1) is 29.2 Å². The number of nitrogens with one attached hydrogen (secondary N) is 1. The van der Waals surface area contributed by atoms with E-state index in [0.29, 0.717) is 45.5 Å². The van der Waals surface area contributed by atoms with E-state index in [-0.39, 0.29) is 17.0 Å². The van der Waals surface area contributed by atoms with Crippen molar-refractivity contribution in [2.24, 2.45) is 0 Å². The number of ether oxygens (including phenoxy) is 2. The Balaban J connectivity index is 1.82. The van der Waals surface area contributed by atoms with E-state index in [4.69, 9.17) is 21.1 Å². The molecular weight excluding hydrogens is 398 g/mol. The number of rotatable bonds is 2. The predicted octanol–water partition coefficient (Wildman–Crippen LogP) is 4.48. The lowest BCUT2D eigenvalue weighted by molar-refractivity contribution is 0.297. The molecule has 1 N–H and O–H groups in total. The second-order valence-corrected chi connectivity index (χ2v) is 8.04. The van der Waals surface area contributed by atoms with E-state index in [0.717, 1.165) is 16.9 Å². The molecule has 142 valence electrons. The Morgan fingerprint density at radius 2 is 2.14 bits per heavy atom. The molecular formula is C20H16ClN3O3S. The molecule has 2 aromatic heterocycles. The van der Waals surface area contributed by atoms with Gasteiger partial charge >= 0.3 is 0 Å². The fourth-order valence-electron chi connectivity index (χ4n) is 3.04. The average Bonchev–Trinajstić information content (AvgIpc) is 2.83. The van der Waals surface area contributed by atoms with Gasteiger partial charge in [0.2, 0.25) is 0 Å². The Labute approximate surface area is 170 Å². The van der Waals surface area contributed by atoms with Gasteiger partial charge in [-0.15, -0.1) is 11.3 Å². The Morgan fingerprint density at radius 1 is 1.36 bits per heavy atom. The summed E-state index contributed by atoms with van der Waals surface area (Å²) >= 11 is 7.77. The fraction of sp³-hybridized carbons (Fsp3) is 0.250. The van der Waals surface area contributed by atoms with E-state index < -0.39 is 0 Å². The van der Waals surface area contributed by atoms with Crippen LogP contribution >= 0.6 is 22.9 Å². The molecule has 1 aromatic carbocycles. The summed E-state index contributed by atoms with van der Waals surface area (Å²) in [4.78, 5) is 21.4. The standard InChI is InChI=1S/C20H16ClN3O3S/c1-10-11(2)28-20-16(10)19(25)23-18(24-20)13(9-22)6-12-7-14(21)17-15(8-12)26-4-3-5-27-17/h6-8H,3-5H2,1-2H3,(H,23,24,25). The van der Waals surface area contributed by atoms with Crippen LogP contribution in [0.4, 0.5) is 0 Å². The van der Waals surface area contributed by atoms with Crippen LogP contribution < -0.4 is 15.0 Å². The van der Waals surface area contributed by atoms with Crippen LogP contribution in [0.5, 0.6) is 11.5 Å². The smallest absolute Gasteiger partial charge is 0.260 e. The number of aryl methyl sites for hydroxylation is 2. The zero-order chi connectivity index (χ0) is 19.8. The van der Waals surface area contributed by atoms with Crippen LogP contribution in [-0.2, 0) is 0 Å². The molecule has 3 aromatic rings. The van der Waals surface area contributed by atoms with E-state index in [1.54, 1.807) is 18.2 Å². The van der Waals surface area contributed by atoms with Crippen molar-refractivity contribution < 1.29 is 9.47 Å². The molecule has 1 aliphatic rings. The van der Waals surface area contributed by atoms with Crippen LogP contribution in [-0.4, -0.2) is 23.2 Å². The van der Waals surface area contributed by atoms with Crippen molar-refractivity contribution in [3.8, 4) is 17.6 Å². The number of aromatic nitrogens is 2. The van der Waals surface area contributed by atoms with Gasteiger partial charge in [-0.2, -0.15) is 5.26 Å². The number of thiophene rings is 1. The summed E-state index contributed by atoms with van der Waals surface area (Å²) in [5.41, 5.74) is 1.55. The topological polar surface area (TPSA) is 88.0 Å². The average molecular weight is 414 g/mol. The zero-order valence-corrected chi connectivity index (χ0v) is 16.8. The second-order valence-electron chi connectivity index (χ2n) is 6.43. The van der Waals surface area contributed by atoms with Gasteiger partial charge in [0.15, 0.2) is 17.3 Å². The molecule has 0 radical (unpaired) electrons. The maximum absolute atomic E-state index is 12.5. The first kappa shape index (κ1) is 18.5. The van der Waals surface area contributed by atoms with Gasteiger partial charge in [0, 0.05) is 11.3 Å². The molecule has 1 aliphatic heterocycles. The van der Waals surface area contributed by atoms with Crippen LogP contribution in [0.25, 0.3) is 21.9 Å². The van der Waals surface area contributed by atoms with Crippen LogP contribution in [0.15, 0.2) is 16.9 Å². The highest BCUT2D eigenvalue weighted by Gasteiger charge is 2.17. The zero-order valence-electron chi connectivity index (χ0n) is 15.3. The summed E-state index contributed by atoms with van der Waals surface area (Å²) < 4.78 is 11.3. The molecule has 3 heterocycles. The molecule has 0 spiro atoms. The summed E-state index contributed by atoms with van der Waals surface area (Å²) in [5, 5.41) is 10.6. The first-order valence-electron chi connectivity index (χ1n) is 8.69. The van der Waals surface area contributed by atoms with E-state index in [2.05, 4.69) is 16.0 Å². The number of benzene rings is 1. The molecule has 0 fully saturated rings. The van der Waals surface area contributed by atoms with Crippen molar-refractivity contribution in [1.82, 2.24) is 9.97 Å². The molecule has 4 rings (SSSR count). The van der Waals surface area contributed by atoms with Crippen molar-refractivity contribution in [3.63, 3.8) is 0 Å². The fourth-order valence-corrected chi connectivity index (χ4v) is 4.34. The van der Waals surface area contributed by atoms with Crippen LogP contribution in [0, 0.1) is 25.2 Å². The largest absolute Gasteiger partial charge is 0.489 e. The number of hydrogen-bond donors (Lipinski definition) is 1. The lowest BCUT2D eigenvalue weighted by Crippen LogP contribution is -2.10. The Bertz CT molecular complexity index is 1220. The maximum Gasteiger partial charge on any atom is 0.260 e. The van der Waals surface area contributed by atoms with E-state index in [1.165, 1.54) is 11.3 Å². The summed E-state index contributed by atoms with van der Waals surface area (Å²) in [5.74, 6) is 1.27. The Kier molecular flexibility index (Phi) is 4.84. The monoisotopic (exact) mass is 413 g/mol. The highest BCUT2D eigenvalue weighted by Crippen LogP contribution is 2.38. The number of fused-ring (bicyclic) bond motifs is 2. The summed E-state index contributed by atoms with van der Waals surface area (Å²) in [6.45, 7) is 4.91. The molecule has 0 aliphatic carbocycles. The third-order valence-electron chi connectivity index (χ3n) is 4.55. The highest BCUT2D eigenvalue weighted by atomic mass is 35.5. The molecule has 0 amide bonds. The van der Waals surface area contributed by atoms with Crippen molar-refractivity contribution in [1.29, 1.82) is 5.26 Å². The van der Waals surface area contributed by atoms with E-state index in [9.17, 15) is 10.1 Å². The van der Waals surface area contributed by atoms with E-state index in [1.807, 2.05) is 13.8 Å². The minimum absolute atomic E-state index is 0.226. The molecule has 0 saturated carbocycles. The van der Waals surface area contributed by atoms with Gasteiger partial charge in [0.1, 0.15) is 10.9 Å². The number of nitrogens with zero attached hydrogens (tertiary/aromatic N) is 2. The first-order valence-corrected chi connectivity index (χ1v) is 9.88. The lowest BCUT2D eigenvalue weighted by Gasteiger charge is -2.10. The van der Waals surface area contributed by atoms with Crippen molar-refractivity contribution in [2.45, 2.75) is 20.3 Å². The second kappa shape index (κ2) is 7.30. The minimum Gasteiger partial charge on any atom is -0.489 e. The molecule has 0 bridgehead atoms. The van der Waals surface area contributed by atoms with Crippen molar-refractivity contribution in [3.05, 3.63) is 49.3 Å². The molecule has 28 heavy (non-hydrogen) atoms. The van der Waals surface area contributed by atoms with Gasteiger partial charge in [-0.1, -0.05) is 11.6 Å². The number of H-pyrrole nitrogens is 1. The first-order chi connectivity index (χ1) is 13.5. The molecule has 0 unspecified atom stereocenters. The van der Waals surface area contributed by atoms with Gasteiger partial charge in [-0.25, -0.2) is 4.98 Å². The number of hydrogen-bond acceptors (Lipinski definition) is 6. The minimum atomic E-state index is -0.250. The van der Waals surface area contributed by atoms with E-state index >= 15 is 0 Å². The number of nitriles is 1. The molecule has 0 saturated heterocycles. The third-order valence-corrected chi connectivity index (χ3v) is 5.93. The molecule has 0 atom stereocenters. The summed E-state index contributed by atoms with van der Waals surface area (Å²) in [7, 11) is 0. The van der Waals surface area contributed by atoms with Crippen molar-refractivity contribution in [2.75, 3.05) is 13.2 Å². The quantitative estimate of drug-likeness (QED) is 0.626. The van der Waals surface area contributed by atoms with Crippen LogP contribution in [0.2, 0.25) is 5.02 Å². The van der Waals surface area contributed by atoms with Crippen LogP contribution in [0.1, 0.15) is 28.2 Å². The predicted molar refractivity (Wildman–Crippen MR) is 110 cm³/mol. The maximum atomic E-state index is 12.5. The third kappa shape index (κ3) is 3.26. The lowest BCUT2D eigenvalue weighted by atomic mass is 10.1. The van der Waals surface area contributed by atoms with Gasteiger partial charge < -0.3 is 14.5 Å². The summed E-state index contributed by atoms with van der Waals surface area (Å²) in [6.07, 6.45) is 2.39. The SMILES string of the molecule is Cc1sc2nc(C(C#N)=Cc3cc(Cl)c4c(c3)OCCCO4)[nH]c(=O)c2c1C. The number of halogens is 1. The Hall–Kier alpha value is -2.82. The van der Waals surface area contributed by atoms with Crippen LogP contribution in [0.3, 0.4) is 0 Å². The molecule has 6 nitrogen and oxygen atoms in total. The van der Waals surface area contributed by atoms with Gasteiger partial charge in [0.25, 0.3) is 5.56 Å². The Morgan fingerprint density at radius 3 is 2.93 bits per heavy atom. The van der Waals surface area contributed by atoms with Gasteiger partial charge in [-0.3, -0.25) is 4.79 Å². The van der Waals surface area contributed by atoms with Crippen molar-refractivity contribution >= 4 is 44.8 Å². The highest BCUT2D eigenvalue weighted by molar-refractivity contribution is 7.18. The van der Waals surface area contributed by atoms with Gasteiger partial charge in [-0.05, 0) is 43.2 Å². The molecule has 8 heteroatoms. The normalized spacial score (nSPS) is 14.0. The number of allylic oxidation sites excluding steroid dienone is 1. The number of aromatic amines is 1.